The number of rotatable bonds is 4. The Bertz CT molecular complexity index is 669. The summed E-state index contributed by atoms with van der Waals surface area (Å²) >= 11 is 0. The Hall–Kier alpha value is -1.90. The molecule has 2 rings (SSSR count). The van der Waals surface area contributed by atoms with E-state index >= 15 is 0 Å². The number of carbonyl (C=O) groups is 1. The largest absolute Gasteiger partial charge is 0.497 e. The Labute approximate surface area is 129 Å². The smallest absolute Gasteiger partial charge is 0.323 e. The van der Waals surface area contributed by atoms with Gasteiger partial charge in [0, 0.05) is 12.6 Å². The first-order valence-corrected chi connectivity index (χ1v) is 8.11. The molecule has 1 aromatic carbocycles. The monoisotopic (exact) mass is 326 g/mol. The fourth-order valence-electron chi connectivity index (χ4n) is 2.32. The van der Waals surface area contributed by atoms with E-state index in [2.05, 4.69) is 0 Å². The van der Waals surface area contributed by atoms with Gasteiger partial charge < -0.3 is 15.6 Å². The average molecular weight is 326 g/mol. The molecule has 0 aromatic heterocycles. The minimum atomic E-state index is -3.97. The Morgan fingerprint density at radius 2 is 1.95 bits per heavy atom. The van der Waals surface area contributed by atoms with Gasteiger partial charge >= 0.3 is 5.97 Å². The van der Waals surface area contributed by atoms with Gasteiger partial charge in [0.1, 0.15) is 11.8 Å². The second-order valence-electron chi connectivity index (χ2n) is 4.90. The third kappa shape index (κ3) is 3.13. The van der Waals surface area contributed by atoms with Crippen LogP contribution in [0.25, 0.3) is 0 Å². The van der Waals surface area contributed by atoms with Crippen LogP contribution in [0, 0.1) is 0 Å². The normalized spacial score (nSPS) is 23.0. The number of aliphatic carboxylic acids is 1. The first-order valence-electron chi connectivity index (χ1n) is 6.67. The first kappa shape index (κ1) is 16.5. The number of hydrogen-bond acceptors (Lipinski definition) is 5. The second kappa shape index (κ2) is 6.47. The van der Waals surface area contributed by atoms with Crippen LogP contribution in [0.4, 0.5) is 0 Å². The van der Waals surface area contributed by atoms with Crippen molar-refractivity contribution in [3.8, 4) is 5.75 Å². The molecule has 0 spiro atoms. The molecule has 3 N–H and O–H groups in total. The molecule has 0 amide bonds. The van der Waals surface area contributed by atoms with Crippen LogP contribution in [0.15, 0.2) is 41.3 Å². The van der Waals surface area contributed by atoms with Crippen LogP contribution in [-0.4, -0.2) is 49.5 Å². The number of carboxylic acids is 1. The fourth-order valence-corrected chi connectivity index (χ4v) is 3.90. The average Bonchev–Trinajstić information content (AvgIpc) is 2.69. The van der Waals surface area contributed by atoms with E-state index in [1.54, 1.807) is 12.2 Å². The molecule has 2 unspecified atom stereocenters. The molecule has 0 fully saturated rings. The summed E-state index contributed by atoms with van der Waals surface area (Å²) in [6.07, 6.45) is 3.62. The van der Waals surface area contributed by atoms with E-state index in [0.717, 1.165) is 4.31 Å². The highest BCUT2D eigenvalue weighted by atomic mass is 32.2. The van der Waals surface area contributed by atoms with E-state index < -0.39 is 28.1 Å². The molecule has 0 bridgehead atoms. The van der Waals surface area contributed by atoms with Gasteiger partial charge in [-0.25, -0.2) is 8.42 Å². The number of ether oxygens (including phenoxy) is 1. The lowest BCUT2D eigenvalue weighted by atomic mass is 10.1. The molecule has 0 aliphatic carbocycles. The number of nitrogens with zero attached hydrogens (tertiary/aromatic N) is 1. The number of sulfonamides is 1. The van der Waals surface area contributed by atoms with Gasteiger partial charge in [0.25, 0.3) is 0 Å². The van der Waals surface area contributed by atoms with Crippen LogP contribution in [0.2, 0.25) is 0 Å². The van der Waals surface area contributed by atoms with E-state index in [1.807, 2.05) is 0 Å². The molecule has 120 valence electrons. The first-order chi connectivity index (χ1) is 10.4. The summed E-state index contributed by atoms with van der Waals surface area (Å²) in [6, 6.07) is 3.68. The maximum Gasteiger partial charge on any atom is 0.323 e. The van der Waals surface area contributed by atoms with E-state index in [1.165, 1.54) is 31.4 Å². The van der Waals surface area contributed by atoms with Gasteiger partial charge in [-0.2, -0.15) is 4.31 Å². The topological polar surface area (TPSA) is 110 Å². The van der Waals surface area contributed by atoms with Gasteiger partial charge in [-0.3, -0.25) is 4.79 Å². The van der Waals surface area contributed by atoms with E-state index in [9.17, 15) is 18.3 Å². The predicted molar refractivity (Wildman–Crippen MR) is 80.0 cm³/mol. The van der Waals surface area contributed by atoms with Crippen molar-refractivity contribution in [2.24, 2.45) is 5.73 Å². The molecule has 1 aliphatic rings. The van der Waals surface area contributed by atoms with Gasteiger partial charge in [-0.15, -0.1) is 0 Å². The van der Waals surface area contributed by atoms with E-state index in [-0.39, 0.29) is 11.4 Å². The lowest BCUT2D eigenvalue weighted by molar-refractivity contribution is -0.141. The van der Waals surface area contributed by atoms with Crippen LogP contribution in [0.3, 0.4) is 0 Å². The van der Waals surface area contributed by atoms with Crippen molar-refractivity contribution in [1.29, 1.82) is 0 Å². The van der Waals surface area contributed by atoms with Crippen molar-refractivity contribution in [3.05, 3.63) is 36.4 Å². The molecular formula is C14H18N2O5S. The Morgan fingerprint density at radius 3 is 2.50 bits per heavy atom. The van der Waals surface area contributed by atoms with Crippen molar-refractivity contribution in [2.75, 3.05) is 13.7 Å². The summed E-state index contributed by atoms with van der Waals surface area (Å²) in [5.74, 6) is -0.741. The number of methoxy groups -OCH3 is 1. The lowest BCUT2D eigenvalue weighted by Crippen LogP contribution is -2.53. The van der Waals surface area contributed by atoms with E-state index in [4.69, 9.17) is 10.5 Å². The quantitative estimate of drug-likeness (QED) is 0.776. The molecule has 7 nitrogen and oxygen atoms in total. The zero-order chi connectivity index (χ0) is 16.3. The van der Waals surface area contributed by atoms with Gasteiger partial charge in [0.15, 0.2) is 0 Å². The maximum atomic E-state index is 12.7. The molecule has 2 atom stereocenters. The van der Waals surface area contributed by atoms with Gasteiger partial charge in [0.05, 0.1) is 12.0 Å². The number of nitrogens with two attached hydrogens (primary N) is 1. The van der Waals surface area contributed by atoms with Crippen molar-refractivity contribution < 1.29 is 23.1 Å². The Balaban J connectivity index is 2.43. The predicted octanol–water partition coefficient (Wildman–Crippen LogP) is 0.426. The highest BCUT2D eigenvalue weighted by Gasteiger charge is 2.39. The summed E-state index contributed by atoms with van der Waals surface area (Å²) in [7, 11) is -2.50. The molecule has 0 saturated heterocycles. The molecule has 0 saturated carbocycles. The highest BCUT2D eigenvalue weighted by Crippen LogP contribution is 2.24. The van der Waals surface area contributed by atoms with Crippen LogP contribution in [0.1, 0.15) is 6.42 Å². The summed E-state index contributed by atoms with van der Waals surface area (Å²) < 4.78 is 31.4. The summed E-state index contributed by atoms with van der Waals surface area (Å²) in [4.78, 5) is 11.5. The molecule has 1 aromatic rings. The van der Waals surface area contributed by atoms with Crippen molar-refractivity contribution in [1.82, 2.24) is 4.31 Å². The second-order valence-corrected chi connectivity index (χ2v) is 6.79. The zero-order valence-corrected chi connectivity index (χ0v) is 12.9. The van der Waals surface area contributed by atoms with Crippen molar-refractivity contribution in [2.45, 2.75) is 23.4 Å². The molecule has 8 heteroatoms. The molecule has 1 aliphatic heterocycles. The maximum absolute atomic E-state index is 12.7. The Morgan fingerprint density at radius 1 is 1.32 bits per heavy atom. The van der Waals surface area contributed by atoms with Gasteiger partial charge in [-0.1, -0.05) is 12.2 Å². The van der Waals surface area contributed by atoms with Crippen molar-refractivity contribution in [3.63, 3.8) is 0 Å². The van der Waals surface area contributed by atoms with Crippen LogP contribution < -0.4 is 10.5 Å². The Kier molecular flexibility index (Phi) is 4.84. The van der Waals surface area contributed by atoms with E-state index in [0.29, 0.717) is 12.2 Å². The molecule has 0 radical (unpaired) electrons. The molecular weight excluding hydrogens is 308 g/mol. The SMILES string of the molecule is COc1ccc(S(=O)(=O)N2CC=CCC(N)C2C(=O)O)cc1. The van der Waals surface area contributed by atoms with Gasteiger partial charge in [-0.05, 0) is 30.7 Å². The zero-order valence-electron chi connectivity index (χ0n) is 12.0. The number of carboxylic acid groups (broad SMARTS) is 1. The van der Waals surface area contributed by atoms with Crippen LogP contribution in [0.5, 0.6) is 5.75 Å². The van der Waals surface area contributed by atoms with Gasteiger partial charge in [0.2, 0.25) is 10.0 Å². The third-order valence-corrected chi connectivity index (χ3v) is 5.36. The standard InChI is InChI=1S/C14H18N2O5S/c1-21-10-5-7-11(8-6-10)22(19,20)16-9-3-2-4-12(15)13(16)14(17)18/h2-3,5-8,12-13H,4,9,15H2,1H3,(H,17,18). The fraction of sp³-hybridized carbons (Fsp3) is 0.357. The molecule has 22 heavy (non-hydrogen) atoms. The van der Waals surface area contributed by atoms with Crippen LogP contribution in [-0.2, 0) is 14.8 Å². The lowest BCUT2D eigenvalue weighted by Gasteiger charge is -2.29. The van der Waals surface area contributed by atoms with Crippen LogP contribution >= 0.6 is 0 Å². The third-order valence-electron chi connectivity index (χ3n) is 3.50. The summed E-state index contributed by atoms with van der Waals surface area (Å²) in [6.45, 7) is -0.0287. The van der Waals surface area contributed by atoms with Crippen molar-refractivity contribution >= 4 is 16.0 Å². The number of benzene rings is 1. The minimum absolute atomic E-state index is 0.00190. The highest BCUT2D eigenvalue weighted by molar-refractivity contribution is 7.89. The minimum Gasteiger partial charge on any atom is -0.497 e. The summed E-state index contributed by atoms with van der Waals surface area (Å²) in [5.41, 5.74) is 5.83. The summed E-state index contributed by atoms with van der Waals surface area (Å²) in [5, 5.41) is 9.36. The number of hydrogen-bond donors (Lipinski definition) is 2. The molecule has 1 heterocycles.